The fourth-order valence-electron chi connectivity index (χ4n) is 4.20. The molecule has 0 spiro atoms. The summed E-state index contributed by atoms with van der Waals surface area (Å²) in [6.07, 6.45) is 9.20. The summed E-state index contributed by atoms with van der Waals surface area (Å²) in [5.74, 6) is -1.09. The van der Waals surface area contributed by atoms with E-state index in [0.717, 1.165) is 42.3 Å². The Hall–Kier alpha value is -3.16. The van der Waals surface area contributed by atoms with E-state index in [1.807, 2.05) is 19.3 Å². The van der Waals surface area contributed by atoms with Gasteiger partial charge >= 0.3 is 0 Å². The zero-order valence-electron chi connectivity index (χ0n) is 16.0. The van der Waals surface area contributed by atoms with Crippen LogP contribution in [0.4, 0.5) is 0 Å². The Morgan fingerprint density at radius 1 is 1.36 bits per heavy atom. The predicted octanol–water partition coefficient (Wildman–Crippen LogP) is 1.94. The number of aryl methyl sites for hydroxylation is 1. The first kappa shape index (κ1) is 18.2. The van der Waals surface area contributed by atoms with Crippen molar-refractivity contribution in [3.63, 3.8) is 0 Å². The van der Waals surface area contributed by atoms with Gasteiger partial charge in [-0.25, -0.2) is 4.98 Å². The number of aromatic hydroxyl groups is 1. The lowest BCUT2D eigenvalue weighted by molar-refractivity contribution is 0.0952. The molecule has 0 aromatic carbocycles. The molecule has 8 heteroatoms. The van der Waals surface area contributed by atoms with Crippen LogP contribution in [0.5, 0.6) is 5.75 Å². The largest absolute Gasteiger partial charge is 0.503 e. The third-order valence-electron chi connectivity index (χ3n) is 5.55. The van der Waals surface area contributed by atoms with Crippen LogP contribution in [0.2, 0.25) is 0 Å². The van der Waals surface area contributed by atoms with E-state index >= 15 is 0 Å². The van der Waals surface area contributed by atoms with Gasteiger partial charge in [-0.1, -0.05) is 12.8 Å². The Morgan fingerprint density at radius 3 is 2.82 bits per heavy atom. The van der Waals surface area contributed by atoms with Crippen LogP contribution in [0.3, 0.4) is 0 Å². The van der Waals surface area contributed by atoms with Crippen LogP contribution in [0, 0.1) is 6.92 Å². The van der Waals surface area contributed by atoms with E-state index < -0.39 is 17.1 Å². The average Bonchev–Trinajstić information content (AvgIpc) is 3.31. The molecule has 0 saturated heterocycles. The average molecular weight is 381 g/mol. The van der Waals surface area contributed by atoms with E-state index in [-0.39, 0.29) is 11.2 Å². The molecule has 0 bridgehead atoms. The third kappa shape index (κ3) is 2.94. The van der Waals surface area contributed by atoms with Crippen LogP contribution in [0.25, 0.3) is 11.0 Å². The molecule has 0 unspecified atom stereocenters. The van der Waals surface area contributed by atoms with E-state index in [4.69, 9.17) is 0 Å². The number of fused-ring (bicyclic) bond motifs is 1. The van der Waals surface area contributed by atoms with Crippen LogP contribution < -0.4 is 10.7 Å². The van der Waals surface area contributed by atoms with Crippen LogP contribution in [0.15, 0.2) is 35.5 Å². The lowest BCUT2D eigenvalue weighted by atomic mass is 9.97. The standard InChI is InChI=1S/C20H23N5O3/c1-13-9-14-5-8-25(18(14)22-10-13)20(6-3-4-7-20)12-24-11-15(26)17(27)16(23-24)19(28)21-2/h5,8-11,26H,3-4,6-7,12H2,1-2H3,(H,21,28). The molecular weight excluding hydrogens is 358 g/mol. The number of pyridine rings is 1. The van der Waals surface area contributed by atoms with E-state index in [1.54, 1.807) is 0 Å². The second-order valence-corrected chi connectivity index (χ2v) is 7.51. The fraction of sp³-hybridized carbons (Fsp3) is 0.400. The molecular formula is C20H23N5O3. The van der Waals surface area contributed by atoms with Crippen molar-refractivity contribution in [1.82, 2.24) is 24.6 Å². The molecule has 0 radical (unpaired) electrons. The van der Waals surface area contributed by atoms with Crippen molar-refractivity contribution in [2.45, 2.75) is 44.7 Å². The monoisotopic (exact) mass is 381 g/mol. The van der Waals surface area contributed by atoms with Crippen LogP contribution in [0.1, 0.15) is 41.7 Å². The van der Waals surface area contributed by atoms with Gasteiger partial charge in [-0.2, -0.15) is 5.10 Å². The molecule has 146 valence electrons. The highest BCUT2D eigenvalue weighted by atomic mass is 16.3. The van der Waals surface area contributed by atoms with Gasteiger partial charge in [0.25, 0.3) is 11.3 Å². The molecule has 3 aromatic rings. The summed E-state index contributed by atoms with van der Waals surface area (Å²) in [7, 11) is 1.43. The number of hydrogen-bond acceptors (Lipinski definition) is 5. The van der Waals surface area contributed by atoms with Gasteiger partial charge in [-0.05, 0) is 37.5 Å². The quantitative estimate of drug-likeness (QED) is 0.719. The van der Waals surface area contributed by atoms with Crippen molar-refractivity contribution in [1.29, 1.82) is 0 Å². The highest BCUT2D eigenvalue weighted by Gasteiger charge is 2.37. The number of amides is 1. The minimum absolute atomic E-state index is 0.279. The summed E-state index contributed by atoms with van der Waals surface area (Å²) in [4.78, 5) is 28.7. The van der Waals surface area contributed by atoms with E-state index in [9.17, 15) is 14.7 Å². The summed E-state index contributed by atoms with van der Waals surface area (Å²) in [5.41, 5.74) is 0.664. The minimum atomic E-state index is -0.764. The molecule has 0 atom stereocenters. The summed E-state index contributed by atoms with van der Waals surface area (Å²) in [6.45, 7) is 2.45. The van der Waals surface area contributed by atoms with Crippen LogP contribution >= 0.6 is 0 Å². The Bertz CT molecular complexity index is 1110. The number of rotatable bonds is 4. The highest BCUT2D eigenvalue weighted by Crippen LogP contribution is 2.40. The lowest BCUT2D eigenvalue weighted by Gasteiger charge is -2.32. The van der Waals surface area contributed by atoms with Crippen molar-refractivity contribution >= 4 is 16.9 Å². The van der Waals surface area contributed by atoms with E-state index in [2.05, 4.69) is 32.1 Å². The maximum absolute atomic E-state index is 12.1. The smallest absolute Gasteiger partial charge is 0.275 e. The molecule has 1 aliphatic carbocycles. The van der Waals surface area contributed by atoms with Crippen LogP contribution in [-0.2, 0) is 12.1 Å². The normalized spacial score (nSPS) is 15.8. The SMILES string of the molecule is CNC(=O)c1nn(CC2(n3ccc4cc(C)cnc43)CCCC2)cc(O)c1=O. The Morgan fingerprint density at radius 2 is 2.11 bits per heavy atom. The van der Waals surface area contributed by atoms with Gasteiger partial charge in [0.15, 0.2) is 11.4 Å². The van der Waals surface area contributed by atoms with Crippen molar-refractivity contribution in [2.24, 2.45) is 0 Å². The predicted molar refractivity (Wildman–Crippen MR) is 104 cm³/mol. The second-order valence-electron chi connectivity index (χ2n) is 7.51. The van der Waals surface area contributed by atoms with Gasteiger partial charge in [0.1, 0.15) is 5.65 Å². The first-order valence-corrected chi connectivity index (χ1v) is 9.40. The molecule has 1 fully saturated rings. The summed E-state index contributed by atoms with van der Waals surface area (Å²) in [6, 6.07) is 4.16. The van der Waals surface area contributed by atoms with Gasteiger partial charge in [-0.3, -0.25) is 14.3 Å². The molecule has 3 heterocycles. The topological polar surface area (TPSA) is 102 Å². The molecule has 1 saturated carbocycles. The van der Waals surface area contributed by atoms with Crippen molar-refractivity contribution in [2.75, 3.05) is 7.05 Å². The zero-order chi connectivity index (χ0) is 19.9. The van der Waals surface area contributed by atoms with Gasteiger partial charge in [-0.15, -0.1) is 0 Å². The van der Waals surface area contributed by atoms with E-state index in [1.165, 1.54) is 17.9 Å². The molecule has 8 nitrogen and oxygen atoms in total. The van der Waals surface area contributed by atoms with Crippen molar-refractivity contribution < 1.29 is 9.90 Å². The van der Waals surface area contributed by atoms with Gasteiger partial charge in [0.2, 0.25) is 0 Å². The molecule has 0 aliphatic heterocycles. The number of nitrogens with zero attached hydrogens (tertiary/aromatic N) is 4. The molecule has 2 N–H and O–H groups in total. The lowest BCUT2D eigenvalue weighted by Crippen LogP contribution is -2.37. The second kappa shape index (κ2) is 6.78. The summed E-state index contributed by atoms with van der Waals surface area (Å²) in [5, 5.41) is 17.7. The Labute approximate surface area is 161 Å². The summed E-state index contributed by atoms with van der Waals surface area (Å²) < 4.78 is 3.69. The fourth-order valence-corrected chi connectivity index (χ4v) is 4.20. The van der Waals surface area contributed by atoms with Crippen LogP contribution in [-0.4, -0.2) is 37.4 Å². The Balaban J connectivity index is 1.80. The maximum Gasteiger partial charge on any atom is 0.275 e. The molecule has 3 aromatic heterocycles. The van der Waals surface area contributed by atoms with Gasteiger partial charge < -0.3 is 15.0 Å². The summed E-state index contributed by atoms with van der Waals surface area (Å²) >= 11 is 0. The minimum Gasteiger partial charge on any atom is -0.503 e. The highest BCUT2D eigenvalue weighted by molar-refractivity contribution is 5.92. The number of carbonyl (C=O) groups excluding carboxylic acids is 1. The maximum atomic E-state index is 12.1. The first-order chi connectivity index (χ1) is 13.4. The first-order valence-electron chi connectivity index (χ1n) is 9.40. The molecule has 1 aliphatic rings. The van der Waals surface area contributed by atoms with Crippen molar-refractivity contribution in [3.05, 3.63) is 52.2 Å². The zero-order valence-corrected chi connectivity index (χ0v) is 16.0. The number of nitrogens with one attached hydrogen (secondary N) is 1. The third-order valence-corrected chi connectivity index (χ3v) is 5.55. The number of aromatic nitrogens is 4. The van der Waals surface area contributed by atoms with Gasteiger partial charge in [0.05, 0.1) is 18.3 Å². The number of carbonyl (C=O) groups is 1. The van der Waals surface area contributed by atoms with E-state index in [0.29, 0.717) is 6.54 Å². The van der Waals surface area contributed by atoms with Crippen molar-refractivity contribution in [3.8, 4) is 5.75 Å². The van der Waals surface area contributed by atoms with Gasteiger partial charge in [0, 0.05) is 24.8 Å². The molecule has 28 heavy (non-hydrogen) atoms. The molecule has 1 amide bonds. The molecule has 4 rings (SSSR count). The Kier molecular flexibility index (Phi) is 4.41. The number of hydrogen-bond donors (Lipinski definition) is 2.